The first-order valence-corrected chi connectivity index (χ1v) is 18.1. The molecule has 0 radical (unpaired) electrons. The summed E-state index contributed by atoms with van der Waals surface area (Å²) in [6, 6.07) is 17.9. The van der Waals surface area contributed by atoms with Gasteiger partial charge in [-0.15, -0.1) is 0 Å². The number of aromatic hydroxyl groups is 1. The number of allylic oxidation sites excluding steroid dienone is 2. The van der Waals surface area contributed by atoms with Crippen LogP contribution in [0.3, 0.4) is 0 Å². The normalized spacial score (nSPS) is 26.1. The van der Waals surface area contributed by atoms with E-state index in [9.17, 15) is 32.7 Å². The summed E-state index contributed by atoms with van der Waals surface area (Å²) < 4.78 is 45.9. The SMILES string of the molecule is COc1cccc(C2C3=CCC4C(=O)N(c5ccc(Cl)cc5)C(=O)C4C3CC3C(=O)N(Nc4ncc(C(F)(F)F)cc4Cl)C(=O)C32c2ccc(Cl)cc2)c1O. The van der Waals surface area contributed by atoms with Gasteiger partial charge in [0.05, 0.1) is 46.6 Å². The Balaban J connectivity index is 1.32. The number of carbonyl (C=O) groups is 4. The number of ether oxygens (including phenoxy) is 1. The fourth-order valence-corrected chi connectivity index (χ4v) is 9.37. The van der Waals surface area contributed by atoms with E-state index < -0.39 is 81.2 Å². The lowest BCUT2D eigenvalue weighted by atomic mass is 9.49. The predicted molar refractivity (Wildman–Crippen MR) is 195 cm³/mol. The van der Waals surface area contributed by atoms with Crippen molar-refractivity contribution >= 4 is 69.9 Å². The number of hydrogen-bond acceptors (Lipinski definition) is 8. The molecule has 1 saturated carbocycles. The van der Waals surface area contributed by atoms with Crippen LogP contribution in [0, 0.1) is 23.7 Å². The van der Waals surface area contributed by atoms with Gasteiger partial charge in [-0.25, -0.2) is 4.98 Å². The minimum Gasteiger partial charge on any atom is -0.504 e. The summed E-state index contributed by atoms with van der Waals surface area (Å²) in [5, 5.41) is 12.7. The number of methoxy groups -OCH3 is 1. The number of fused-ring (bicyclic) bond motifs is 4. The van der Waals surface area contributed by atoms with Crippen LogP contribution in [0.5, 0.6) is 11.5 Å². The Hall–Kier alpha value is -5.11. The average Bonchev–Trinajstić information content (AvgIpc) is 3.53. The quantitative estimate of drug-likeness (QED) is 0.148. The molecule has 4 aliphatic rings. The summed E-state index contributed by atoms with van der Waals surface area (Å²) >= 11 is 18.7. The smallest absolute Gasteiger partial charge is 0.417 e. The van der Waals surface area contributed by atoms with Gasteiger partial charge in [0.1, 0.15) is 0 Å². The van der Waals surface area contributed by atoms with Crippen LogP contribution in [0.1, 0.15) is 35.4 Å². The van der Waals surface area contributed by atoms with E-state index in [2.05, 4.69) is 10.4 Å². The molecule has 2 aliphatic carbocycles. The van der Waals surface area contributed by atoms with E-state index in [0.717, 1.165) is 4.90 Å². The highest BCUT2D eigenvalue weighted by molar-refractivity contribution is 6.33. The highest BCUT2D eigenvalue weighted by Gasteiger charge is 2.71. The Morgan fingerprint density at radius 3 is 2.22 bits per heavy atom. The van der Waals surface area contributed by atoms with Gasteiger partial charge in [0.15, 0.2) is 17.3 Å². The molecule has 3 heterocycles. The fourth-order valence-electron chi connectivity index (χ4n) is 8.91. The van der Waals surface area contributed by atoms with Gasteiger partial charge in [-0.1, -0.05) is 70.7 Å². The molecule has 6 atom stereocenters. The summed E-state index contributed by atoms with van der Waals surface area (Å²) in [4.78, 5) is 63.5. The third kappa shape index (κ3) is 5.57. The number of carbonyl (C=O) groups excluding carboxylic acids is 4. The van der Waals surface area contributed by atoms with Crippen molar-refractivity contribution in [1.82, 2.24) is 9.99 Å². The number of hydrogen-bond donors (Lipinski definition) is 2. The lowest BCUT2D eigenvalue weighted by molar-refractivity contribution is -0.139. The van der Waals surface area contributed by atoms with E-state index in [-0.39, 0.29) is 29.9 Å². The molecule has 55 heavy (non-hydrogen) atoms. The summed E-state index contributed by atoms with van der Waals surface area (Å²) in [7, 11) is 1.36. The number of rotatable bonds is 6. The molecule has 0 spiro atoms. The minimum absolute atomic E-state index is 0.0743. The van der Waals surface area contributed by atoms with E-state index >= 15 is 4.79 Å². The zero-order valence-corrected chi connectivity index (χ0v) is 30.7. The topological polar surface area (TPSA) is 129 Å². The number of imide groups is 2. The standard InChI is InChI=1S/C39H28Cl3F3N4O6/c1-55-29-4-2-3-25(32(29)50)31-23-13-14-24-30(36(53)48(34(24)51)22-11-9-21(41)10-12-22)26(23)16-27-35(52)49(37(54)38(27,31)18-5-7-20(40)8-6-18)47-33-28(42)15-19(17-46-33)39(43,44)45/h2-13,15,17,24,26-27,30-31,50H,14,16H2,1H3,(H,46,47). The summed E-state index contributed by atoms with van der Waals surface area (Å²) in [5.41, 5.74) is 1.01. The molecule has 2 aliphatic heterocycles. The van der Waals surface area contributed by atoms with Crippen molar-refractivity contribution in [3.05, 3.63) is 122 Å². The Morgan fingerprint density at radius 1 is 0.909 bits per heavy atom. The molecule has 282 valence electrons. The maximum Gasteiger partial charge on any atom is 0.417 e. The molecule has 1 aromatic heterocycles. The molecule has 0 bridgehead atoms. The number of anilines is 2. The second kappa shape index (κ2) is 13.3. The number of para-hydroxylation sites is 1. The maximum absolute atomic E-state index is 15.3. The maximum atomic E-state index is 15.3. The van der Waals surface area contributed by atoms with Gasteiger partial charge in [0, 0.05) is 27.7 Å². The molecular weight excluding hydrogens is 784 g/mol. The first-order valence-electron chi connectivity index (χ1n) is 17.0. The molecule has 16 heteroatoms. The van der Waals surface area contributed by atoms with Crippen LogP contribution in [-0.4, -0.2) is 45.8 Å². The monoisotopic (exact) mass is 810 g/mol. The molecule has 8 rings (SSSR count). The van der Waals surface area contributed by atoms with Crippen molar-refractivity contribution in [1.29, 1.82) is 0 Å². The van der Waals surface area contributed by atoms with Gasteiger partial charge in [-0.2, -0.15) is 18.2 Å². The van der Waals surface area contributed by atoms with E-state index in [1.165, 1.54) is 13.2 Å². The largest absolute Gasteiger partial charge is 0.504 e. The van der Waals surface area contributed by atoms with Gasteiger partial charge in [-0.05, 0) is 72.9 Å². The number of nitrogens with one attached hydrogen (secondary N) is 1. The molecule has 4 amide bonds. The molecule has 2 N–H and O–H groups in total. The number of halogens is 6. The number of benzene rings is 3. The second-order valence-corrected chi connectivity index (χ2v) is 15.1. The van der Waals surface area contributed by atoms with Crippen molar-refractivity contribution in [2.45, 2.75) is 30.4 Å². The third-order valence-electron chi connectivity index (χ3n) is 11.2. The number of hydrazine groups is 1. The van der Waals surface area contributed by atoms with Crippen LogP contribution >= 0.6 is 34.8 Å². The third-order valence-corrected chi connectivity index (χ3v) is 12.0. The van der Waals surface area contributed by atoms with Gasteiger partial charge >= 0.3 is 6.18 Å². The minimum atomic E-state index is -4.77. The lowest BCUT2D eigenvalue weighted by Gasteiger charge is -2.50. The summed E-state index contributed by atoms with van der Waals surface area (Å²) in [5.74, 6) is -8.10. The molecule has 10 nitrogen and oxygen atoms in total. The zero-order valence-electron chi connectivity index (χ0n) is 28.5. The van der Waals surface area contributed by atoms with Crippen molar-refractivity contribution in [3.8, 4) is 11.5 Å². The number of phenols is 1. The van der Waals surface area contributed by atoms with Gasteiger partial charge in [0.25, 0.3) is 11.8 Å². The van der Waals surface area contributed by atoms with Crippen molar-refractivity contribution in [2.24, 2.45) is 23.7 Å². The average molecular weight is 812 g/mol. The lowest BCUT2D eigenvalue weighted by Crippen LogP contribution is -2.53. The molecular formula is C39H28Cl3F3N4O6. The highest BCUT2D eigenvalue weighted by atomic mass is 35.5. The molecule has 3 fully saturated rings. The van der Waals surface area contributed by atoms with Crippen molar-refractivity contribution < 1.29 is 42.2 Å². The Labute approximate surface area is 326 Å². The van der Waals surface area contributed by atoms with Gasteiger partial charge < -0.3 is 9.84 Å². The number of nitrogens with zero attached hydrogens (tertiary/aromatic N) is 3. The van der Waals surface area contributed by atoms with E-state index in [4.69, 9.17) is 39.5 Å². The Bertz CT molecular complexity index is 2320. The number of phenolic OH excluding ortho intramolecular Hbond substituents is 1. The van der Waals surface area contributed by atoms with E-state index in [1.807, 2.05) is 6.08 Å². The second-order valence-electron chi connectivity index (χ2n) is 13.8. The first kappa shape index (κ1) is 36.8. The summed E-state index contributed by atoms with van der Waals surface area (Å²) in [6.45, 7) is 0. The summed E-state index contributed by atoms with van der Waals surface area (Å²) in [6.07, 6.45) is -2.42. The van der Waals surface area contributed by atoms with Crippen LogP contribution in [0.4, 0.5) is 24.7 Å². The van der Waals surface area contributed by atoms with Crippen LogP contribution < -0.4 is 15.1 Å². The fraction of sp³-hybridized carbons (Fsp3) is 0.256. The first-order chi connectivity index (χ1) is 26.2. The molecule has 3 aromatic carbocycles. The number of pyridine rings is 1. The van der Waals surface area contributed by atoms with Gasteiger partial charge in [-0.3, -0.25) is 29.5 Å². The molecule has 4 aromatic rings. The van der Waals surface area contributed by atoms with Crippen LogP contribution in [0.25, 0.3) is 0 Å². The zero-order chi connectivity index (χ0) is 39.1. The Kier molecular flexibility index (Phi) is 8.90. The molecule has 6 unspecified atom stereocenters. The van der Waals surface area contributed by atoms with Crippen molar-refractivity contribution in [3.63, 3.8) is 0 Å². The number of amides is 4. The predicted octanol–water partition coefficient (Wildman–Crippen LogP) is 7.96. The van der Waals surface area contributed by atoms with Crippen LogP contribution in [-0.2, 0) is 30.8 Å². The molecule has 2 saturated heterocycles. The number of alkyl halides is 3. The van der Waals surface area contributed by atoms with Crippen molar-refractivity contribution in [2.75, 3.05) is 17.4 Å². The van der Waals surface area contributed by atoms with Crippen LogP contribution in [0.15, 0.2) is 90.6 Å². The van der Waals surface area contributed by atoms with Crippen LogP contribution in [0.2, 0.25) is 15.1 Å². The Morgan fingerprint density at radius 2 is 1.58 bits per heavy atom. The number of aromatic nitrogens is 1. The van der Waals surface area contributed by atoms with E-state index in [1.54, 1.807) is 60.7 Å². The van der Waals surface area contributed by atoms with Gasteiger partial charge in [0.2, 0.25) is 11.8 Å². The van der Waals surface area contributed by atoms with E-state index in [0.29, 0.717) is 44.1 Å². The highest BCUT2D eigenvalue weighted by Crippen LogP contribution is 2.65.